The highest BCUT2D eigenvalue weighted by Crippen LogP contribution is 2.45. The van der Waals surface area contributed by atoms with Gasteiger partial charge in [0.15, 0.2) is 0 Å². The van der Waals surface area contributed by atoms with Gasteiger partial charge < -0.3 is 10.2 Å². The molecular weight excluding hydrogens is 560 g/mol. The fourth-order valence-electron chi connectivity index (χ4n) is 5.03. The molecule has 2 aromatic heterocycles. The van der Waals surface area contributed by atoms with Crippen molar-refractivity contribution < 1.29 is 13.2 Å². The number of hydrogen-bond donors (Lipinski definition) is 1. The molecule has 4 heterocycles. The first-order valence-corrected chi connectivity index (χ1v) is 15.6. The van der Waals surface area contributed by atoms with E-state index in [0.717, 1.165) is 64.6 Å². The van der Waals surface area contributed by atoms with E-state index in [1.165, 1.54) is 10.4 Å². The third-order valence-corrected chi connectivity index (χ3v) is 11.2. The number of sulfonamides is 1. The molecule has 1 saturated heterocycles. The molecule has 2 aliphatic heterocycles. The Morgan fingerprint density at radius 2 is 1.71 bits per heavy atom. The molecule has 0 saturated carbocycles. The van der Waals surface area contributed by atoms with Crippen LogP contribution in [0.4, 0.5) is 5.00 Å². The van der Waals surface area contributed by atoms with Crippen LogP contribution in [0.5, 0.6) is 0 Å². The van der Waals surface area contributed by atoms with E-state index in [1.807, 2.05) is 18.2 Å². The molecule has 4 aromatic rings. The summed E-state index contributed by atoms with van der Waals surface area (Å²) in [6, 6.07) is 14.4. The Labute approximate surface area is 237 Å². The molecule has 11 heteroatoms. The van der Waals surface area contributed by atoms with Gasteiger partial charge in [-0.05, 0) is 68.3 Å². The number of likely N-dealkylation sites (N-methyl/N-ethyl adjacent to an activating group) is 1. The first-order chi connectivity index (χ1) is 17.9. The van der Waals surface area contributed by atoms with Gasteiger partial charge >= 0.3 is 0 Å². The monoisotopic (exact) mass is 588 g/mol. The quantitative estimate of drug-likeness (QED) is 0.316. The number of anilines is 1. The molecule has 7 nitrogen and oxygen atoms in total. The van der Waals surface area contributed by atoms with E-state index in [-0.39, 0.29) is 23.2 Å². The third-order valence-electron chi connectivity index (χ3n) is 7.05. The molecule has 2 aromatic carbocycles. The lowest BCUT2D eigenvalue weighted by molar-refractivity contribution is 0.102. The average Bonchev–Trinajstić information content (AvgIpc) is 3.49. The number of nitrogens with one attached hydrogen (secondary N) is 1. The molecule has 6 rings (SSSR count). The van der Waals surface area contributed by atoms with Crippen LogP contribution in [0.2, 0.25) is 0 Å². The van der Waals surface area contributed by atoms with Crippen LogP contribution in [0, 0.1) is 0 Å². The van der Waals surface area contributed by atoms with Gasteiger partial charge in [0, 0.05) is 42.2 Å². The number of nitrogens with zero attached hydrogens (tertiary/aromatic N) is 3. The van der Waals surface area contributed by atoms with Gasteiger partial charge in [0.25, 0.3) is 5.91 Å². The van der Waals surface area contributed by atoms with Gasteiger partial charge in [0.2, 0.25) is 10.0 Å². The number of benzene rings is 2. The van der Waals surface area contributed by atoms with Crippen LogP contribution in [-0.4, -0.2) is 55.2 Å². The summed E-state index contributed by atoms with van der Waals surface area (Å²) in [6.45, 7) is 2.91. The number of carbonyl (C=O) groups excluding carboxylic acids is 1. The summed E-state index contributed by atoms with van der Waals surface area (Å²) >= 11 is 3.25. The minimum atomic E-state index is -3.53. The van der Waals surface area contributed by atoms with Gasteiger partial charge in [0.1, 0.15) is 10.0 Å². The number of para-hydroxylation sites is 1. The maximum atomic E-state index is 13.3. The highest BCUT2D eigenvalue weighted by Gasteiger charge is 2.28. The number of hydrogen-bond acceptors (Lipinski definition) is 7. The lowest BCUT2D eigenvalue weighted by Crippen LogP contribution is -2.35. The van der Waals surface area contributed by atoms with E-state index in [0.29, 0.717) is 18.7 Å². The van der Waals surface area contributed by atoms with E-state index in [2.05, 4.69) is 23.3 Å². The third kappa shape index (κ3) is 5.13. The summed E-state index contributed by atoms with van der Waals surface area (Å²) in [6.07, 6.45) is 3.74. The zero-order valence-corrected chi connectivity index (χ0v) is 24.2. The van der Waals surface area contributed by atoms with E-state index in [4.69, 9.17) is 4.98 Å². The first kappa shape index (κ1) is 27.2. The van der Waals surface area contributed by atoms with Crippen LogP contribution in [0.3, 0.4) is 0 Å². The van der Waals surface area contributed by atoms with Gasteiger partial charge in [0.05, 0.1) is 15.1 Å². The Hall–Kier alpha value is -2.34. The predicted molar refractivity (Wildman–Crippen MR) is 157 cm³/mol. The van der Waals surface area contributed by atoms with Crippen molar-refractivity contribution in [1.29, 1.82) is 0 Å². The van der Waals surface area contributed by atoms with Crippen molar-refractivity contribution in [2.24, 2.45) is 0 Å². The number of halogens is 1. The molecule has 38 heavy (non-hydrogen) atoms. The summed E-state index contributed by atoms with van der Waals surface area (Å²) in [7, 11) is -1.43. The highest BCUT2D eigenvalue weighted by atomic mass is 35.5. The van der Waals surface area contributed by atoms with E-state index in [9.17, 15) is 13.2 Å². The Morgan fingerprint density at radius 3 is 2.45 bits per heavy atom. The normalized spacial score (nSPS) is 16.7. The van der Waals surface area contributed by atoms with Crippen molar-refractivity contribution in [2.45, 2.75) is 37.1 Å². The lowest BCUT2D eigenvalue weighted by atomic mass is 10.0. The molecule has 0 bridgehead atoms. The largest absolute Gasteiger partial charge is 0.313 e. The Morgan fingerprint density at radius 1 is 0.974 bits per heavy atom. The smallest absolute Gasteiger partial charge is 0.256 e. The Bertz CT molecular complexity index is 1540. The molecule has 0 radical (unpaired) electrons. The first-order valence-electron chi connectivity index (χ1n) is 12.5. The fourth-order valence-corrected chi connectivity index (χ4v) is 8.98. The van der Waals surface area contributed by atoms with Gasteiger partial charge in [-0.3, -0.25) is 4.79 Å². The maximum absolute atomic E-state index is 13.3. The molecule has 200 valence electrons. The van der Waals surface area contributed by atoms with Gasteiger partial charge in [-0.25, -0.2) is 13.4 Å². The van der Waals surface area contributed by atoms with E-state index < -0.39 is 10.0 Å². The van der Waals surface area contributed by atoms with Crippen LogP contribution in [-0.2, 0) is 23.0 Å². The number of carbonyl (C=O) groups is 1. The topological polar surface area (TPSA) is 82.6 Å². The van der Waals surface area contributed by atoms with Crippen molar-refractivity contribution >= 4 is 66.2 Å². The van der Waals surface area contributed by atoms with Crippen molar-refractivity contribution in [2.75, 3.05) is 32.0 Å². The number of piperidine rings is 1. The zero-order valence-electron chi connectivity index (χ0n) is 21.0. The second-order valence-electron chi connectivity index (χ2n) is 9.63. The number of rotatable bonds is 5. The molecule has 2 aliphatic rings. The lowest BCUT2D eigenvalue weighted by Gasteiger charge is -2.25. The molecule has 0 aliphatic carbocycles. The molecule has 0 unspecified atom stereocenters. The van der Waals surface area contributed by atoms with Gasteiger partial charge in [-0.15, -0.1) is 35.1 Å². The second-order valence-corrected chi connectivity index (χ2v) is 13.7. The average molecular weight is 589 g/mol. The fraction of sp³-hybridized carbons (Fsp3) is 0.333. The summed E-state index contributed by atoms with van der Waals surface area (Å²) in [5.74, 6) is -0.253. The van der Waals surface area contributed by atoms with Crippen molar-refractivity contribution in [3.05, 3.63) is 64.5 Å². The highest BCUT2D eigenvalue weighted by molar-refractivity contribution is 7.89. The molecule has 1 fully saturated rings. The van der Waals surface area contributed by atoms with Crippen LogP contribution >= 0.6 is 35.1 Å². The van der Waals surface area contributed by atoms with Crippen LogP contribution in [0.1, 0.15) is 40.1 Å². The number of thiophene rings is 1. The summed E-state index contributed by atoms with van der Waals surface area (Å²) in [4.78, 5) is 22.0. The Balaban J connectivity index is 0.00000294. The minimum Gasteiger partial charge on any atom is -0.313 e. The van der Waals surface area contributed by atoms with Gasteiger partial charge in [-0.1, -0.05) is 18.6 Å². The molecule has 0 spiro atoms. The second kappa shape index (κ2) is 11.0. The molecule has 0 atom stereocenters. The number of amides is 1. The maximum Gasteiger partial charge on any atom is 0.256 e. The zero-order chi connectivity index (χ0) is 25.6. The number of fused-ring (bicyclic) bond motifs is 2. The molecular formula is C27H29ClN4O3S3. The van der Waals surface area contributed by atoms with Crippen LogP contribution in [0.15, 0.2) is 53.4 Å². The van der Waals surface area contributed by atoms with E-state index >= 15 is 0 Å². The standard InChI is InChI=1S/C27H28N4O3S3.ClH/c1-30-16-13-20-23(17-30)36-27(24(20)26-28-21-7-3-4-8-22(21)35-26)29-25(32)18-9-11-19(12-10-18)37(33,34)31-14-5-2-6-15-31;/h3-4,7-12H,2,5-6,13-17H2,1H3,(H,29,32);1H. The van der Waals surface area contributed by atoms with Crippen molar-refractivity contribution in [3.63, 3.8) is 0 Å². The predicted octanol–water partition coefficient (Wildman–Crippen LogP) is 5.86. The van der Waals surface area contributed by atoms with Crippen molar-refractivity contribution in [3.8, 4) is 10.6 Å². The molecule has 1 N–H and O–H groups in total. The van der Waals surface area contributed by atoms with Crippen LogP contribution < -0.4 is 5.32 Å². The number of thiazole rings is 1. The van der Waals surface area contributed by atoms with Gasteiger partial charge in [-0.2, -0.15) is 4.31 Å². The summed E-state index contributed by atoms with van der Waals surface area (Å²) < 4.78 is 28.6. The molecule has 1 amide bonds. The van der Waals surface area contributed by atoms with Crippen LogP contribution in [0.25, 0.3) is 20.8 Å². The van der Waals surface area contributed by atoms with Crippen molar-refractivity contribution in [1.82, 2.24) is 14.2 Å². The summed E-state index contributed by atoms with van der Waals surface area (Å²) in [5.41, 5.74) is 3.67. The minimum absolute atomic E-state index is 0. The SMILES string of the molecule is CN1CCc2c(sc(NC(=O)c3ccc(S(=O)(=O)N4CCCCC4)cc3)c2-c2nc3ccccc3s2)C1.Cl. The number of aromatic nitrogens is 1. The summed E-state index contributed by atoms with van der Waals surface area (Å²) in [5, 5.41) is 4.85. The van der Waals surface area contributed by atoms with E-state index in [1.54, 1.807) is 51.2 Å². The Kier molecular flexibility index (Phi) is 7.91.